The molecule has 0 radical (unpaired) electrons. The summed E-state index contributed by atoms with van der Waals surface area (Å²) in [6.45, 7) is 0.887. The van der Waals surface area contributed by atoms with Crippen molar-refractivity contribution < 1.29 is 4.74 Å². The van der Waals surface area contributed by atoms with Crippen molar-refractivity contribution in [3.63, 3.8) is 0 Å². The van der Waals surface area contributed by atoms with E-state index in [9.17, 15) is 0 Å². The Balaban J connectivity index is 1.57. The third-order valence-corrected chi connectivity index (χ3v) is 3.80. The molecule has 3 heteroatoms. The van der Waals surface area contributed by atoms with Crippen molar-refractivity contribution in [2.24, 2.45) is 0 Å². The monoisotopic (exact) mass is 237 g/mol. The molecule has 0 amide bonds. The van der Waals surface area contributed by atoms with Gasteiger partial charge in [0, 0.05) is 17.6 Å². The van der Waals surface area contributed by atoms with Crippen LogP contribution in [-0.4, -0.2) is 18.2 Å². The predicted molar refractivity (Wildman–Crippen MR) is 64.6 cm³/mol. The Labute approximate surface area is 101 Å². The van der Waals surface area contributed by atoms with E-state index in [4.69, 9.17) is 16.3 Å². The standard InChI is InChI=1S/C13H16ClNO/c14-10-3-1-2-9(6-10)8-15-12-7-11-4-5-13(12)16-11/h1-3,6,11-13,15H,4-5,7-8H2. The van der Waals surface area contributed by atoms with E-state index in [2.05, 4.69) is 11.4 Å². The lowest BCUT2D eigenvalue weighted by Crippen LogP contribution is -2.36. The summed E-state index contributed by atoms with van der Waals surface area (Å²) in [6, 6.07) is 8.57. The second-order valence-corrected chi connectivity index (χ2v) is 5.16. The first-order valence-corrected chi connectivity index (χ1v) is 6.32. The molecule has 0 saturated carbocycles. The fourth-order valence-electron chi connectivity index (χ4n) is 2.75. The first-order valence-electron chi connectivity index (χ1n) is 5.94. The number of halogens is 1. The second-order valence-electron chi connectivity index (χ2n) is 4.73. The topological polar surface area (TPSA) is 21.3 Å². The van der Waals surface area contributed by atoms with E-state index < -0.39 is 0 Å². The van der Waals surface area contributed by atoms with E-state index >= 15 is 0 Å². The molecule has 3 unspecified atom stereocenters. The molecule has 0 aromatic heterocycles. The maximum absolute atomic E-state index is 5.95. The molecule has 2 aliphatic rings. The summed E-state index contributed by atoms with van der Waals surface area (Å²) in [5.74, 6) is 0. The Morgan fingerprint density at radius 3 is 3.00 bits per heavy atom. The van der Waals surface area contributed by atoms with Crippen molar-refractivity contribution in [1.29, 1.82) is 0 Å². The Kier molecular flexibility index (Phi) is 2.88. The van der Waals surface area contributed by atoms with Gasteiger partial charge in [-0.2, -0.15) is 0 Å². The number of hydrogen-bond donors (Lipinski definition) is 1. The van der Waals surface area contributed by atoms with Crippen LogP contribution in [0, 0.1) is 0 Å². The van der Waals surface area contributed by atoms with Gasteiger partial charge in [-0.25, -0.2) is 0 Å². The van der Waals surface area contributed by atoms with Crippen molar-refractivity contribution in [3.8, 4) is 0 Å². The fourth-order valence-corrected chi connectivity index (χ4v) is 2.96. The maximum atomic E-state index is 5.95. The maximum Gasteiger partial charge on any atom is 0.0733 e. The lowest BCUT2D eigenvalue weighted by Gasteiger charge is -2.20. The third-order valence-electron chi connectivity index (χ3n) is 3.56. The van der Waals surface area contributed by atoms with E-state index in [1.807, 2.05) is 18.2 Å². The van der Waals surface area contributed by atoms with Crippen molar-refractivity contribution in [1.82, 2.24) is 5.32 Å². The molecule has 1 aromatic carbocycles. The highest BCUT2D eigenvalue weighted by atomic mass is 35.5. The Bertz CT molecular complexity index is 382. The Hall–Kier alpha value is -0.570. The number of ether oxygens (including phenoxy) is 1. The number of hydrogen-bond acceptors (Lipinski definition) is 2. The zero-order valence-electron chi connectivity index (χ0n) is 9.16. The van der Waals surface area contributed by atoms with E-state index in [0.717, 1.165) is 11.6 Å². The molecule has 2 aliphatic heterocycles. The summed E-state index contributed by atoms with van der Waals surface area (Å²) >= 11 is 5.95. The molecule has 1 N–H and O–H groups in total. The van der Waals surface area contributed by atoms with E-state index in [1.54, 1.807) is 0 Å². The van der Waals surface area contributed by atoms with Crippen LogP contribution in [0.2, 0.25) is 5.02 Å². The van der Waals surface area contributed by atoms with Gasteiger partial charge in [0.25, 0.3) is 0 Å². The van der Waals surface area contributed by atoms with Crippen molar-refractivity contribution in [3.05, 3.63) is 34.9 Å². The zero-order valence-corrected chi connectivity index (χ0v) is 9.91. The largest absolute Gasteiger partial charge is 0.373 e. The number of nitrogens with one attached hydrogen (secondary N) is 1. The normalized spacial score (nSPS) is 32.2. The summed E-state index contributed by atoms with van der Waals surface area (Å²) in [7, 11) is 0. The molecule has 3 atom stereocenters. The van der Waals surface area contributed by atoms with Gasteiger partial charge in [-0.15, -0.1) is 0 Å². The highest BCUT2D eigenvalue weighted by molar-refractivity contribution is 6.30. The number of fused-ring (bicyclic) bond motifs is 2. The van der Waals surface area contributed by atoms with E-state index in [0.29, 0.717) is 18.2 Å². The molecule has 2 heterocycles. The lowest BCUT2D eigenvalue weighted by molar-refractivity contribution is 0.0973. The van der Waals surface area contributed by atoms with Crippen LogP contribution in [0.15, 0.2) is 24.3 Å². The van der Waals surface area contributed by atoms with Crippen LogP contribution in [-0.2, 0) is 11.3 Å². The van der Waals surface area contributed by atoms with E-state index in [1.165, 1.54) is 24.8 Å². The first kappa shape index (κ1) is 10.6. The minimum atomic E-state index is 0.448. The van der Waals surface area contributed by atoms with Gasteiger partial charge in [0.1, 0.15) is 0 Å². The smallest absolute Gasteiger partial charge is 0.0733 e. The third kappa shape index (κ3) is 2.10. The molecule has 2 bridgehead atoms. The first-order chi connectivity index (χ1) is 7.81. The van der Waals surface area contributed by atoms with Crippen LogP contribution < -0.4 is 5.32 Å². The Morgan fingerprint density at radius 2 is 2.31 bits per heavy atom. The lowest BCUT2D eigenvalue weighted by atomic mass is 9.95. The molecule has 2 nitrogen and oxygen atoms in total. The van der Waals surface area contributed by atoms with Gasteiger partial charge in [0.05, 0.1) is 12.2 Å². The minimum absolute atomic E-state index is 0.448. The molecule has 0 spiro atoms. The molecular weight excluding hydrogens is 222 g/mol. The molecular formula is C13H16ClNO. The average molecular weight is 238 g/mol. The van der Waals surface area contributed by atoms with Gasteiger partial charge in [0.15, 0.2) is 0 Å². The molecule has 1 aromatic rings. The van der Waals surface area contributed by atoms with Gasteiger partial charge >= 0.3 is 0 Å². The van der Waals surface area contributed by atoms with Crippen molar-refractivity contribution in [2.45, 2.75) is 44.1 Å². The van der Waals surface area contributed by atoms with Gasteiger partial charge in [0.2, 0.25) is 0 Å². The Morgan fingerprint density at radius 1 is 1.38 bits per heavy atom. The summed E-state index contributed by atoms with van der Waals surface area (Å²) in [4.78, 5) is 0. The molecule has 86 valence electrons. The molecule has 2 saturated heterocycles. The van der Waals surface area contributed by atoms with Crippen LogP contribution in [0.25, 0.3) is 0 Å². The average Bonchev–Trinajstić information content (AvgIpc) is 2.88. The van der Waals surface area contributed by atoms with Gasteiger partial charge < -0.3 is 10.1 Å². The summed E-state index contributed by atoms with van der Waals surface area (Å²) < 4.78 is 5.81. The quantitative estimate of drug-likeness (QED) is 0.873. The van der Waals surface area contributed by atoms with Crippen LogP contribution in [0.5, 0.6) is 0 Å². The predicted octanol–water partition coefficient (Wildman–Crippen LogP) is 2.75. The number of benzene rings is 1. The zero-order chi connectivity index (χ0) is 11.0. The van der Waals surface area contributed by atoms with Gasteiger partial charge in [-0.05, 0) is 37.0 Å². The van der Waals surface area contributed by atoms with Crippen LogP contribution in [0.3, 0.4) is 0 Å². The van der Waals surface area contributed by atoms with Crippen molar-refractivity contribution in [2.75, 3.05) is 0 Å². The summed E-state index contributed by atoms with van der Waals surface area (Å²) in [5.41, 5.74) is 1.25. The molecule has 16 heavy (non-hydrogen) atoms. The summed E-state index contributed by atoms with van der Waals surface area (Å²) in [6.07, 6.45) is 4.61. The van der Waals surface area contributed by atoms with Crippen LogP contribution in [0.1, 0.15) is 24.8 Å². The minimum Gasteiger partial charge on any atom is -0.373 e. The summed E-state index contributed by atoms with van der Waals surface area (Å²) in [5, 5.41) is 4.38. The van der Waals surface area contributed by atoms with Crippen LogP contribution >= 0.6 is 11.6 Å². The van der Waals surface area contributed by atoms with Gasteiger partial charge in [-0.3, -0.25) is 0 Å². The molecule has 0 aliphatic carbocycles. The van der Waals surface area contributed by atoms with Crippen molar-refractivity contribution >= 4 is 11.6 Å². The fraction of sp³-hybridized carbons (Fsp3) is 0.538. The highest BCUT2D eigenvalue weighted by Gasteiger charge is 2.40. The highest BCUT2D eigenvalue weighted by Crippen LogP contribution is 2.34. The molecule has 3 rings (SSSR count). The van der Waals surface area contributed by atoms with E-state index in [-0.39, 0.29) is 0 Å². The number of rotatable bonds is 3. The second kappa shape index (κ2) is 4.36. The van der Waals surface area contributed by atoms with Crippen LogP contribution in [0.4, 0.5) is 0 Å². The molecule has 2 fully saturated rings. The van der Waals surface area contributed by atoms with Gasteiger partial charge in [-0.1, -0.05) is 23.7 Å². The SMILES string of the molecule is Clc1cccc(CNC2CC3CCC2O3)c1.